The number of carbonyl (C=O) groups excluding carboxylic acids is 1. The maximum absolute atomic E-state index is 12.9. The Hall–Kier alpha value is -1.27. The van der Waals surface area contributed by atoms with Gasteiger partial charge in [0.1, 0.15) is 0 Å². The van der Waals surface area contributed by atoms with Gasteiger partial charge >= 0.3 is 6.18 Å². The van der Waals surface area contributed by atoms with Gasteiger partial charge in [-0.3, -0.25) is 4.79 Å². The van der Waals surface area contributed by atoms with E-state index in [9.17, 15) is 18.0 Å². The van der Waals surface area contributed by atoms with Crippen LogP contribution in [0.3, 0.4) is 0 Å². The first-order valence-corrected chi connectivity index (χ1v) is 7.22. The van der Waals surface area contributed by atoms with Crippen LogP contribution in [0.15, 0.2) is 24.3 Å². The van der Waals surface area contributed by atoms with Crippen molar-refractivity contribution in [2.45, 2.75) is 45.8 Å². The van der Waals surface area contributed by atoms with Crippen molar-refractivity contribution in [1.29, 1.82) is 0 Å². The average molecular weight is 353 g/mol. The molecule has 7 heteroatoms. The molecular weight excluding hydrogens is 329 g/mol. The number of nitrogens with two attached hydrogens (primary N) is 1. The van der Waals surface area contributed by atoms with E-state index in [0.717, 1.165) is 12.1 Å². The lowest BCUT2D eigenvalue weighted by Crippen LogP contribution is -2.36. The van der Waals surface area contributed by atoms with Crippen LogP contribution in [0.25, 0.3) is 0 Å². The lowest BCUT2D eigenvalue weighted by molar-refractivity contribution is -0.137. The quantitative estimate of drug-likeness (QED) is 0.839. The zero-order valence-corrected chi connectivity index (χ0v) is 14.4. The second-order valence-corrected chi connectivity index (χ2v) is 6.38. The molecule has 0 saturated heterocycles. The summed E-state index contributed by atoms with van der Waals surface area (Å²) >= 11 is 0. The van der Waals surface area contributed by atoms with Gasteiger partial charge in [0, 0.05) is 6.42 Å². The summed E-state index contributed by atoms with van der Waals surface area (Å²) in [6, 6.07) is 4.59. The second kappa shape index (κ2) is 8.55. The zero-order chi connectivity index (χ0) is 17.0. The van der Waals surface area contributed by atoms with E-state index < -0.39 is 23.2 Å². The Morgan fingerprint density at radius 2 is 1.87 bits per heavy atom. The van der Waals surface area contributed by atoms with Crippen molar-refractivity contribution < 1.29 is 18.0 Å². The maximum Gasteiger partial charge on any atom is 0.416 e. The van der Waals surface area contributed by atoms with Crippen LogP contribution >= 0.6 is 12.4 Å². The molecule has 0 saturated carbocycles. The second-order valence-electron chi connectivity index (χ2n) is 6.38. The van der Waals surface area contributed by atoms with E-state index in [1.807, 2.05) is 20.8 Å². The molecule has 1 aromatic carbocycles. The molecule has 3 nitrogen and oxygen atoms in total. The number of halogens is 4. The van der Waals surface area contributed by atoms with Crippen LogP contribution in [0.5, 0.6) is 0 Å². The van der Waals surface area contributed by atoms with Crippen molar-refractivity contribution in [3.05, 3.63) is 35.4 Å². The number of nitrogens with one attached hydrogen (secondary N) is 1. The van der Waals surface area contributed by atoms with Crippen LogP contribution in [0.1, 0.15) is 50.8 Å². The summed E-state index contributed by atoms with van der Waals surface area (Å²) in [6.07, 6.45) is -3.59. The van der Waals surface area contributed by atoms with Gasteiger partial charge in [-0.1, -0.05) is 32.9 Å². The summed E-state index contributed by atoms with van der Waals surface area (Å²) in [4.78, 5) is 11.9. The van der Waals surface area contributed by atoms with E-state index in [1.165, 1.54) is 6.07 Å². The van der Waals surface area contributed by atoms with Gasteiger partial charge in [-0.15, -0.1) is 12.4 Å². The van der Waals surface area contributed by atoms with Crippen molar-refractivity contribution in [2.24, 2.45) is 11.1 Å². The highest BCUT2D eigenvalue weighted by molar-refractivity contribution is 5.85. The maximum atomic E-state index is 12.9. The number of amides is 1. The minimum Gasteiger partial charge on any atom is -0.349 e. The number of alkyl halides is 3. The van der Waals surface area contributed by atoms with Gasteiger partial charge in [0.15, 0.2) is 0 Å². The van der Waals surface area contributed by atoms with Crippen LogP contribution in [0.2, 0.25) is 0 Å². The van der Waals surface area contributed by atoms with Crippen LogP contribution in [-0.2, 0) is 11.0 Å². The Kier molecular flexibility index (Phi) is 8.07. The molecule has 0 aliphatic rings. The summed E-state index contributed by atoms with van der Waals surface area (Å²) in [5, 5.41) is 2.82. The molecule has 23 heavy (non-hydrogen) atoms. The largest absolute Gasteiger partial charge is 0.416 e. The Morgan fingerprint density at radius 1 is 1.26 bits per heavy atom. The molecule has 0 spiro atoms. The fourth-order valence-corrected chi connectivity index (χ4v) is 2.19. The van der Waals surface area contributed by atoms with Crippen molar-refractivity contribution in [1.82, 2.24) is 5.32 Å². The molecule has 0 aromatic heterocycles. The Balaban J connectivity index is 0.00000484. The first-order chi connectivity index (χ1) is 10.1. The molecule has 0 fully saturated rings. The number of hydrogen-bond donors (Lipinski definition) is 2. The van der Waals surface area contributed by atoms with E-state index in [-0.39, 0.29) is 24.7 Å². The lowest BCUT2D eigenvalue weighted by Gasteiger charge is -2.32. The summed E-state index contributed by atoms with van der Waals surface area (Å²) in [7, 11) is 0. The Labute approximate surface area is 141 Å². The number of benzene rings is 1. The number of rotatable bonds is 5. The first-order valence-electron chi connectivity index (χ1n) is 7.22. The molecule has 1 amide bonds. The monoisotopic (exact) mass is 352 g/mol. The molecule has 0 heterocycles. The van der Waals surface area contributed by atoms with Gasteiger partial charge in [-0.05, 0) is 36.1 Å². The zero-order valence-electron chi connectivity index (χ0n) is 13.5. The smallest absolute Gasteiger partial charge is 0.349 e. The van der Waals surface area contributed by atoms with E-state index in [4.69, 9.17) is 5.73 Å². The van der Waals surface area contributed by atoms with Gasteiger partial charge in [0.2, 0.25) is 5.91 Å². The predicted molar refractivity (Wildman–Crippen MR) is 87.3 cm³/mol. The van der Waals surface area contributed by atoms with E-state index in [0.29, 0.717) is 18.5 Å². The van der Waals surface area contributed by atoms with Crippen molar-refractivity contribution in [3.63, 3.8) is 0 Å². The molecule has 132 valence electrons. The lowest BCUT2D eigenvalue weighted by atomic mass is 9.81. The van der Waals surface area contributed by atoms with E-state index >= 15 is 0 Å². The first kappa shape index (κ1) is 21.7. The van der Waals surface area contributed by atoms with E-state index in [1.54, 1.807) is 6.07 Å². The molecule has 0 aliphatic heterocycles. The third kappa shape index (κ3) is 6.79. The summed E-state index contributed by atoms with van der Waals surface area (Å²) in [5.41, 5.74) is 4.69. The van der Waals surface area contributed by atoms with Gasteiger partial charge in [0.05, 0.1) is 11.6 Å². The normalized spacial score (nSPS) is 13.2. The molecule has 0 aliphatic carbocycles. The van der Waals surface area contributed by atoms with Crippen LogP contribution in [-0.4, -0.2) is 12.5 Å². The summed E-state index contributed by atoms with van der Waals surface area (Å²) in [6.45, 7) is 6.03. The summed E-state index contributed by atoms with van der Waals surface area (Å²) < 4.78 is 38.6. The average Bonchev–Trinajstić information content (AvgIpc) is 2.40. The Morgan fingerprint density at radius 3 is 2.35 bits per heavy atom. The molecule has 0 bridgehead atoms. The predicted octanol–water partition coefficient (Wildman–Crippen LogP) is 4.07. The van der Waals surface area contributed by atoms with Crippen molar-refractivity contribution >= 4 is 18.3 Å². The molecule has 0 radical (unpaired) electrons. The SMILES string of the molecule is CC(C)(C)C(NC(=O)CCCN)c1cccc(C(F)(F)F)c1.Cl. The minimum absolute atomic E-state index is 0. The standard InChI is InChI=1S/C16H23F3N2O.ClH/c1-15(2,3)14(21-13(22)8-5-9-20)11-6-4-7-12(10-11)16(17,18)19;/h4,6-7,10,14H,5,8-9,20H2,1-3H3,(H,21,22);1H. The molecule has 1 rings (SSSR count). The highest BCUT2D eigenvalue weighted by Crippen LogP contribution is 2.36. The molecular formula is C16H24ClF3N2O. The van der Waals surface area contributed by atoms with Crippen molar-refractivity contribution in [3.8, 4) is 0 Å². The number of carbonyl (C=O) groups is 1. The van der Waals surface area contributed by atoms with Gasteiger partial charge in [-0.2, -0.15) is 13.2 Å². The fourth-order valence-electron chi connectivity index (χ4n) is 2.19. The van der Waals surface area contributed by atoms with Crippen LogP contribution in [0.4, 0.5) is 13.2 Å². The topological polar surface area (TPSA) is 55.1 Å². The molecule has 1 unspecified atom stereocenters. The van der Waals surface area contributed by atoms with Gasteiger partial charge in [0.25, 0.3) is 0 Å². The minimum atomic E-state index is -4.40. The summed E-state index contributed by atoms with van der Waals surface area (Å²) in [5.74, 6) is -0.206. The third-order valence-corrected chi connectivity index (χ3v) is 3.33. The van der Waals surface area contributed by atoms with Crippen LogP contribution < -0.4 is 11.1 Å². The molecule has 1 aromatic rings. The van der Waals surface area contributed by atoms with Gasteiger partial charge in [-0.25, -0.2) is 0 Å². The highest BCUT2D eigenvalue weighted by atomic mass is 35.5. The Bertz CT molecular complexity index is 513. The number of hydrogen-bond acceptors (Lipinski definition) is 2. The van der Waals surface area contributed by atoms with E-state index in [2.05, 4.69) is 5.32 Å². The van der Waals surface area contributed by atoms with Crippen molar-refractivity contribution in [2.75, 3.05) is 6.54 Å². The van der Waals surface area contributed by atoms with Gasteiger partial charge < -0.3 is 11.1 Å². The fraction of sp³-hybridized carbons (Fsp3) is 0.562. The highest BCUT2D eigenvalue weighted by Gasteiger charge is 2.33. The molecule has 1 atom stereocenters. The third-order valence-electron chi connectivity index (χ3n) is 3.33. The molecule has 3 N–H and O–H groups in total. The van der Waals surface area contributed by atoms with Crippen LogP contribution in [0, 0.1) is 5.41 Å².